The molecule has 8 heteroatoms. The Kier molecular flexibility index (Phi) is 3.74. The van der Waals surface area contributed by atoms with E-state index in [1.807, 2.05) is 0 Å². The number of rotatable bonds is 3. The second kappa shape index (κ2) is 5.16. The average molecular weight is 271 g/mol. The molecule has 1 fully saturated rings. The highest BCUT2D eigenvalue weighted by Crippen LogP contribution is 2.27. The number of hydrogen-bond acceptors (Lipinski definition) is 6. The van der Waals surface area contributed by atoms with Crippen molar-refractivity contribution in [1.82, 2.24) is 9.55 Å². The van der Waals surface area contributed by atoms with Gasteiger partial charge in [0.25, 0.3) is 5.56 Å². The molecule has 0 bridgehead atoms. The molecule has 8 nitrogen and oxygen atoms in total. The van der Waals surface area contributed by atoms with Crippen LogP contribution in [0, 0.1) is 0 Å². The Labute approximate surface area is 108 Å². The van der Waals surface area contributed by atoms with Gasteiger partial charge in [0.05, 0.1) is 12.7 Å². The van der Waals surface area contributed by atoms with Crippen molar-refractivity contribution in [2.24, 2.45) is 0 Å². The van der Waals surface area contributed by atoms with E-state index in [0.717, 1.165) is 0 Å². The third-order valence-corrected chi connectivity index (χ3v) is 3.13. The SMILES string of the molecule is CN(C)c1cn([C@H]2C[C@H](O)[C@@H](CO)O2)c(=O)[nH]c1=O. The largest absolute Gasteiger partial charge is 0.394 e. The van der Waals surface area contributed by atoms with Crippen LogP contribution in [0.4, 0.5) is 5.69 Å². The van der Waals surface area contributed by atoms with Crippen molar-refractivity contribution >= 4 is 5.69 Å². The van der Waals surface area contributed by atoms with Gasteiger partial charge in [-0.25, -0.2) is 4.79 Å². The van der Waals surface area contributed by atoms with Crippen molar-refractivity contribution in [3.05, 3.63) is 27.0 Å². The smallest absolute Gasteiger partial charge is 0.330 e. The Morgan fingerprint density at radius 3 is 2.74 bits per heavy atom. The molecule has 0 saturated carbocycles. The van der Waals surface area contributed by atoms with Gasteiger partial charge in [0, 0.05) is 26.7 Å². The molecule has 106 valence electrons. The number of nitrogens with one attached hydrogen (secondary N) is 1. The average Bonchev–Trinajstić information content (AvgIpc) is 2.69. The van der Waals surface area contributed by atoms with Crippen LogP contribution in [0.25, 0.3) is 0 Å². The van der Waals surface area contributed by atoms with Gasteiger partial charge in [-0.15, -0.1) is 0 Å². The fourth-order valence-corrected chi connectivity index (χ4v) is 2.06. The van der Waals surface area contributed by atoms with Crippen LogP contribution >= 0.6 is 0 Å². The molecule has 1 aromatic heterocycles. The first-order valence-electron chi connectivity index (χ1n) is 5.91. The van der Waals surface area contributed by atoms with Crippen molar-refractivity contribution in [1.29, 1.82) is 0 Å². The van der Waals surface area contributed by atoms with Crippen molar-refractivity contribution in [3.8, 4) is 0 Å². The molecule has 3 atom stereocenters. The van der Waals surface area contributed by atoms with E-state index in [-0.39, 0.29) is 13.0 Å². The molecule has 0 radical (unpaired) electrons. The quantitative estimate of drug-likeness (QED) is 0.601. The van der Waals surface area contributed by atoms with Crippen LogP contribution in [0.3, 0.4) is 0 Å². The fraction of sp³-hybridized carbons (Fsp3) is 0.636. The Morgan fingerprint density at radius 2 is 2.21 bits per heavy atom. The second-order valence-electron chi connectivity index (χ2n) is 4.69. The molecule has 3 N–H and O–H groups in total. The predicted octanol–water partition coefficient (Wildman–Crippen LogP) is -1.76. The molecule has 0 aliphatic carbocycles. The molecule has 1 aliphatic heterocycles. The first-order valence-corrected chi connectivity index (χ1v) is 5.91. The molecule has 0 spiro atoms. The highest BCUT2D eigenvalue weighted by molar-refractivity contribution is 5.39. The van der Waals surface area contributed by atoms with Crippen molar-refractivity contribution in [2.45, 2.75) is 24.9 Å². The molecule has 2 rings (SSSR count). The molecular formula is C11H17N3O5. The lowest BCUT2D eigenvalue weighted by molar-refractivity contribution is -0.0458. The summed E-state index contributed by atoms with van der Waals surface area (Å²) in [5.74, 6) is 0. The zero-order valence-electron chi connectivity index (χ0n) is 10.7. The number of aromatic nitrogens is 2. The van der Waals surface area contributed by atoms with Gasteiger partial charge in [-0.1, -0.05) is 0 Å². The van der Waals surface area contributed by atoms with Gasteiger partial charge >= 0.3 is 5.69 Å². The van der Waals surface area contributed by atoms with E-state index in [4.69, 9.17) is 9.84 Å². The maximum absolute atomic E-state index is 11.8. The molecule has 1 aromatic rings. The van der Waals surface area contributed by atoms with Gasteiger partial charge < -0.3 is 19.8 Å². The summed E-state index contributed by atoms with van der Waals surface area (Å²) < 4.78 is 6.60. The minimum atomic E-state index is -0.836. The van der Waals surface area contributed by atoms with Crippen molar-refractivity contribution < 1.29 is 14.9 Å². The standard InChI is InChI=1S/C11H17N3O5/c1-13(2)6-4-14(11(18)12-10(6)17)9-3-7(16)8(5-15)19-9/h4,7-9,15-16H,3,5H2,1-2H3,(H,12,17,18)/t7-,8+,9+/m0/s1. The second-order valence-corrected chi connectivity index (χ2v) is 4.69. The zero-order valence-corrected chi connectivity index (χ0v) is 10.7. The van der Waals surface area contributed by atoms with Crippen LogP contribution in [0.1, 0.15) is 12.6 Å². The number of anilines is 1. The van der Waals surface area contributed by atoms with Crippen molar-refractivity contribution in [2.75, 3.05) is 25.6 Å². The number of hydrogen-bond donors (Lipinski definition) is 3. The first kappa shape index (κ1) is 13.8. The molecule has 19 heavy (non-hydrogen) atoms. The highest BCUT2D eigenvalue weighted by atomic mass is 16.5. The maximum Gasteiger partial charge on any atom is 0.330 e. The zero-order chi connectivity index (χ0) is 14.2. The number of nitrogens with zero attached hydrogens (tertiary/aromatic N) is 2. The minimum Gasteiger partial charge on any atom is -0.394 e. The van der Waals surface area contributed by atoms with Gasteiger partial charge in [-0.05, 0) is 0 Å². The summed E-state index contributed by atoms with van der Waals surface area (Å²) in [7, 11) is 3.36. The van der Waals surface area contributed by atoms with Crippen LogP contribution < -0.4 is 16.1 Å². The van der Waals surface area contributed by atoms with E-state index in [1.54, 1.807) is 19.0 Å². The monoisotopic (exact) mass is 271 g/mol. The molecule has 0 amide bonds. The van der Waals surface area contributed by atoms with Crippen molar-refractivity contribution in [3.63, 3.8) is 0 Å². The predicted molar refractivity (Wildman–Crippen MR) is 67.3 cm³/mol. The lowest BCUT2D eigenvalue weighted by Gasteiger charge is -2.17. The summed E-state index contributed by atoms with van der Waals surface area (Å²) in [6.45, 7) is -0.323. The van der Waals surface area contributed by atoms with E-state index in [1.165, 1.54) is 10.8 Å². The third-order valence-electron chi connectivity index (χ3n) is 3.13. The summed E-state index contributed by atoms with van der Waals surface area (Å²) in [6.07, 6.45) is -0.680. The lowest BCUT2D eigenvalue weighted by atomic mass is 10.2. The number of aliphatic hydroxyl groups is 2. The van der Waals surface area contributed by atoms with Gasteiger partial charge in [-0.2, -0.15) is 0 Å². The molecule has 1 saturated heterocycles. The van der Waals surface area contributed by atoms with Gasteiger partial charge in [0.1, 0.15) is 18.0 Å². The van der Waals surface area contributed by atoms with Gasteiger partial charge in [0.15, 0.2) is 0 Å². The lowest BCUT2D eigenvalue weighted by Crippen LogP contribution is -2.35. The number of aromatic amines is 1. The minimum absolute atomic E-state index is 0.185. The Balaban J connectivity index is 2.38. The Morgan fingerprint density at radius 1 is 1.53 bits per heavy atom. The Bertz CT molecular complexity index is 564. The summed E-state index contributed by atoms with van der Waals surface area (Å²) in [5.41, 5.74) is -0.778. The highest BCUT2D eigenvalue weighted by Gasteiger charge is 2.35. The third kappa shape index (κ3) is 2.55. The van der Waals surface area contributed by atoms with E-state index >= 15 is 0 Å². The summed E-state index contributed by atoms with van der Waals surface area (Å²) >= 11 is 0. The molecule has 0 aromatic carbocycles. The topological polar surface area (TPSA) is 108 Å². The van der Waals surface area contributed by atoms with Gasteiger partial charge in [-0.3, -0.25) is 14.3 Å². The molecule has 0 unspecified atom stereocenters. The number of H-pyrrole nitrogens is 1. The summed E-state index contributed by atoms with van der Waals surface area (Å²) in [5, 5.41) is 18.7. The first-order chi connectivity index (χ1) is 8.93. The van der Waals surface area contributed by atoms with Crippen LogP contribution in [0.5, 0.6) is 0 Å². The van der Waals surface area contributed by atoms with Gasteiger partial charge in [0.2, 0.25) is 0 Å². The number of ether oxygens (including phenoxy) is 1. The van der Waals surface area contributed by atoms with Crippen LogP contribution in [-0.2, 0) is 4.74 Å². The summed E-state index contributed by atoms with van der Waals surface area (Å²) in [6, 6.07) is 0. The molecule has 2 heterocycles. The molecular weight excluding hydrogens is 254 g/mol. The van der Waals surface area contributed by atoms with E-state index in [9.17, 15) is 14.7 Å². The van der Waals surface area contributed by atoms with E-state index in [2.05, 4.69) is 4.98 Å². The molecule has 1 aliphatic rings. The van der Waals surface area contributed by atoms with Crippen LogP contribution in [0.2, 0.25) is 0 Å². The van der Waals surface area contributed by atoms with E-state index in [0.29, 0.717) is 5.69 Å². The van der Waals surface area contributed by atoms with E-state index < -0.39 is 29.7 Å². The Hall–Kier alpha value is -1.64. The van der Waals surface area contributed by atoms with Crippen LogP contribution in [0.15, 0.2) is 15.8 Å². The maximum atomic E-state index is 11.8. The summed E-state index contributed by atoms with van der Waals surface area (Å²) in [4.78, 5) is 27.1. The number of aliphatic hydroxyl groups excluding tert-OH is 2. The van der Waals surface area contributed by atoms with Crippen LogP contribution in [-0.4, -0.2) is 52.7 Å². The normalized spacial score (nSPS) is 26.6. The fourth-order valence-electron chi connectivity index (χ4n) is 2.06.